The first-order chi connectivity index (χ1) is 7.60. The molecule has 0 saturated heterocycles. The summed E-state index contributed by atoms with van der Waals surface area (Å²) in [5.74, 6) is 0. The van der Waals surface area contributed by atoms with Crippen molar-refractivity contribution in [1.82, 2.24) is 5.32 Å². The van der Waals surface area contributed by atoms with Gasteiger partial charge in [0.2, 0.25) is 0 Å². The Morgan fingerprint density at radius 2 is 2.06 bits per heavy atom. The normalized spacial score (nSPS) is 10.9. The van der Waals surface area contributed by atoms with E-state index >= 15 is 0 Å². The Morgan fingerprint density at radius 1 is 1.38 bits per heavy atom. The molecule has 1 N–H and O–H groups in total. The number of nitrogens with one attached hydrogen (secondary N) is 1. The average molecular weight is 241 g/mol. The van der Waals surface area contributed by atoms with Gasteiger partial charge in [-0.05, 0) is 45.5 Å². The van der Waals surface area contributed by atoms with E-state index in [4.69, 9.17) is 11.6 Å². The van der Waals surface area contributed by atoms with Crippen molar-refractivity contribution in [2.75, 3.05) is 18.5 Å². The van der Waals surface area contributed by atoms with Crippen LogP contribution in [0.1, 0.15) is 26.3 Å². The van der Waals surface area contributed by atoms with Crippen LogP contribution in [0.15, 0.2) is 18.2 Å². The van der Waals surface area contributed by atoms with Crippen LogP contribution < -0.4 is 10.2 Å². The van der Waals surface area contributed by atoms with Crippen LogP contribution in [0.2, 0.25) is 5.02 Å². The Hall–Kier alpha value is -0.730. The van der Waals surface area contributed by atoms with Crippen molar-refractivity contribution in [3.05, 3.63) is 28.8 Å². The molecule has 0 aliphatic heterocycles. The fourth-order valence-electron chi connectivity index (χ4n) is 1.96. The summed E-state index contributed by atoms with van der Waals surface area (Å²) in [6.45, 7) is 8.44. The number of nitrogens with zero attached hydrogens (tertiary/aromatic N) is 1. The van der Waals surface area contributed by atoms with Crippen molar-refractivity contribution in [2.24, 2.45) is 0 Å². The van der Waals surface area contributed by atoms with Crippen LogP contribution in [-0.2, 0) is 6.54 Å². The Balaban J connectivity index is 3.11. The maximum atomic E-state index is 6.08. The number of anilines is 1. The maximum absolute atomic E-state index is 6.08. The van der Waals surface area contributed by atoms with Crippen LogP contribution in [0.4, 0.5) is 5.69 Å². The van der Waals surface area contributed by atoms with Gasteiger partial charge in [-0.15, -0.1) is 0 Å². The van der Waals surface area contributed by atoms with Crippen LogP contribution in [0.25, 0.3) is 0 Å². The van der Waals surface area contributed by atoms with Gasteiger partial charge in [0.25, 0.3) is 0 Å². The lowest BCUT2D eigenvalue weighted by Gasteiger charge is -2.30. The van der Waals surface area contributed by atoms with Gasteiger partial charge in [-0.3, -0.25) is 0 Å². The molecular weight excluding hydrogens is 220 g/mol. The number of halogens is 1. The van der Waals surface area contributed by atoms with Gasteiger partial charge in [-0.2, -0.15) is 0 Å². The monoisotopic (exact) mass is 240 g/mol. The molecule has 0 unspecified atom stereocenters. The van der Waals surface area contributed by atoms with E-state index in [2.05, 4.69) is 43.1 Å². The minimum absolute atomic E-state index is 0.485. The van der Waals surface area contributed by atoms with Crippen LogP contribution in [0.3, 0.4) is 0 Å². The molecule has 1 rings (SSSR count). The molecule has 0 bridgehead atoms. The Bertz CT molecular complexity index is 337. The topological polar surface area (TPSA) is 15.3 Å². The molecule has 0 fully saturated rings. The summed E-state index contributed by atoms with van der Waals surface area (Å²) in [4.78, 5) is 2.36. The van der Waals surface area contributed by atoms with Crippen molar-refractivity contribution in [3.63, 3.8) is 0 Å². The van der Waals surface area contributed by atoms with E-state index in [1.54, 1.807) is 0 Å². The summed E-state index contributed by atoms with van der Waals surface area (Å²) in [6.07, 6.45) is 0. The number of rotatable bonds is 5. The molecule has 0 atom stereocenters. The Morgan fingerprint density at radius 3 is 2.56 bits per heavy atom. The number of benzene rings is 1. The molecule has 16 heavy (non-hydrogen) atoms. The van der Waals surface area contributed by atoms with Crippen molar-refractivity contribution < 1.29 is 0 Å². The highest BCUT2D eigenvalue weighted by molar-refractivity contribution is 6.30. The molecule has 90 valence electrons. The Kier molecular flexibility index (Phi) is 5.10. The first-order valence-corrected chi connectivity index (χ1v) is 6.17. The van der Waals surface area contributed by atoms with Crippen LogP contribution in [0.5, 0.6) is 0 Å². The molecule has 1 aromatic carbocycles. The summed E-state index contributed by atoms with van der Waals surface area (Å²) < 4.78 is 0. The van der Waals surface area contributed by atoms with Gasteiger partial charge < -0.3 is 10.2 Å². The second-order valence-electron chi connectivity index (χ2n) is 4.18. The van der Waals surface area contributed by atoms with E-state index < -0.39 is 0 Å². The minimum atomic E-state index is 0.485. The summed E-state index contributed by atoms with van der Waals surface area (Å²) >= 11 is 6.08. The fraction of sp³-hybridized carbons (Fsp3) is 0.538. The lowest BCUT2D eigenvalue weighted by molar-refractivity contribution is 0.694. The maximum Gasteiger partial charge on any atom is 0.0428 e. The molecule has 1 aromatic rings. The molecule has 0 saturated carbocycles. The highest BCUT2D eigenvalue weighted by Gasteiger charge is 2.12. The summed E-state index contributed by atoms with van der Waals surface area (Å²) in [7, 11) is 1.96. The van der Waals surface area contributed by atoms with Gasteiger partial charge >= 0.3 is 0 Å². The largest absolute Gasteiger partial charge is 0.369 e. The second kappa shape index (κ2) is 6.12. The fourth-order valence-corrected chi connectivity index (χ4v) is 2.12. The average Bonchev–Trinajstić information content (AvgIpc) is 2.22. The third kappa shape index (κ3) is 3.13. The lowest BCUT2D eigenvalue weighted by Crippen LogP contribution is -2.31. The van der Waals surface area contributed by atoms with Crippen molar-refractivity contribution in [1.29, 1.82) is 0 Å². The van der Waals surface area contributed by atoms with Crippen LogP contribution >= 0.6 is 11.6 Å². The predicted molar refractivity (Wildman–Crippen MR) is 72.4 cm³/mol. The van der Waals surface area contributed by atoms with E-state index in [9.17, 15) is 0 Å². The van der Waals surface area contributed by atoms with E-state index in [0.29, 0.717) is 6.04 Å². The SMILES string of the molecule is CCN(c1cc(Cl)ccc1CNC)C(C)C. The molecule has 0 heterocycles. The van der Waals surface area contributed by atoms with Gasteiger partial charge in [0, 0.05) is 29.8 Å². The molecule has 0 spiro atoms. The summed E-state index contributed by atoms with van der Waals surface area (Å²) in [5, 5.41) is 3.99. The third-order valence-electron chi connectivity index (χ3n) is 2.69. The van der Waals surface area contributed by atoms with Crippen molar-refractivity contribution >= 4 is 17.3 Å². The molecular formula is C13H21ClN2. The third-order valence-corrected chi connectivity index (χ3v) is 2.92. The highest BCUT2D eigenvalue weighted by Crippen LogP contribution is 2.26. The molecule has 0 aliphatic rings. The van der Waals surface area contributed by atoms with E-state index in [1.165, 1.54) is 11.3 Å². The number of hydrogen-bond donors (Lipinski definition) is 1. The van der Waals surface area contributed by atoms with Gasteiger partial charge in [0.1, 0.15) is 0 Å². The smallest absolute Gasteiger partial charge is 0.0428 e. The molecule has 0 amide bonds. The van der Waals surface area contributed by atoms with Gasteiger partial charge in [-0.1, -0.05) is 17.7 Å². The number of hydrogen-bond acceptors (Lipinski definition) is 2. The second-order valence-corrected chi connectivity index (χ2v) is 4.62. The molecule has 0 aromatic heterocycles. The van der Waals surface area contributed by atoms with E-state index in [-0.39, 0.29) is 0 Å². The van der Waals surface area contributed by atoms with Crippen LogP contribution in [-0.4, -0.2) is 19.6 Å². The lowest BCUT2D eigenvalue weighted by atomic mass is 10.1. The standard InChI is InChI=1S/C13H21ClN2/c1-5-16(10(2)3)13-8-12(14)7-6-11(13)9-15-4/h6-8,10,15H,5,9H2,1-4H3. The zero-order valence-electron chi connectivity index (χ0n) is 10.5. The van der Waals surface area contributed by atoms with Gasteiger partial charge in [-0.25, -0.2) is 0 Å². The van der Waals surface area contributed by atoms with E-state index in [0.717, 1.165) is 18.1 Å². The zero-order chi connectivity index (χ0) is 12.1. The van der Waals surface area contributed by atoms with Gasteiger partial charge in [0.05, 0.1) is 0 Å². The molecule has 0 radical (unpaired) electrons. The van der Waals surface area contributed by atoms with Crippen molar-refractivity contribution in [3.8, 4) is 0 Å². The highest BCUT2D eigenvalue weighted by atomic mass is 35.5. The molecule has 2 nitrogen and oxygen atoms in total. The summed E-state index contributed by atoms with van der Waals surface area (Å²) in [6, 6.07) is 6.59. The minimum Gasteiger partial charge on any atom is -0.369 e. The van der Waals surface area contributed by atoms with E-state index in [1.807, 2.05) is 13.1 Å². The van der Waals surface area contributed by atoms with Crippen molar-refractivity contribution in [2.45, 2.75) is 33.4 Å². The first-order valence-electron chi connectivity index (χ1n) is 5.79. The van der Waals surface area contributed by atoms with Gasteiger partial charge in [0.15, 0.2) is 0 Å². The van der Waals surface area contributed by atoms with Crippen LogP contribution in [0, 0.1) is 0 Å². The quantitative estimate of drug-likeness (QED) is 0.850. The predicted octanol–water partition coefficient (Wildman–Crippen LogP) is 3.29. The summed E-state index contributed by atoms with van der Waals surface area (Å²) in [5.41, 5.74) is 2.53. The first kappa shape index (κ1) is 13.3. The molecule has 3 heteroatoms. The Labute approximate surface area is 104 Å². The molecule has 0 aliphatic carbocycles. The zero-order valence-corrected chi connectivity index (χ0v) is 11.3.